The summed E-state index contributed by atoms with van der Waals surface area (Å²) in [5, 5.41) is 18.3. The maximum absolute atomic E-state index is 11.0. The average Bonchev–Trinajstić information content (AvgIpc) is 2.27. The first-order chi connectivity index (χ1) is 11.7. The largest absolute Gasteiger partial charge is 0.519 e. The number of carbonyl (C=O) groups is 2. The summed E-state index contributed by atoms with van der Waals surface area (Å²) in [6.07, 6.45) is -2.12. The minimum Gasteiger partial charge on any atom is -0.428 e. The van der Waals surface area contributed by atoms with Crippen LogP contribution in [0, 0.1) is 23.7 Å². The van der Waals surface area contributed by atoms with Crippen LogP contribution in [0.1, 0.15) is 69.2 Å². The van der Waals surface area contributed by atoms with Gasteiger partial charge < -0.3 is 24.4 Å². The van der Waals surface area contributed by atoms with E-state index in [0.717, 1.165) is 0 Å². The highest BCUT2D eigenvalue weighted by Gasteiger charge is 2.24. The lowest BCUT2D eigenvalue weighted by molar-refractivity contribution is -0.0293. The fraction of sp³-hybridized carbons (Fsp3) is 0.700. The van der Waals surface area contributed by atoms with Crippen molar-refractivity contribution in [2.24, 2.45) is 0 Å². The van der Waals surface area contributed by atoms with Crippen LogP contribution in [0.5, 0.6) is 0 Å². The average molecular weight is 384 g/mol. The van der Waals surface area contributed by atoms with Crippen LogP contribution in [0.25, 0.3) is 0 Å². The van der Waals surface area contributed by atoms with Crippen molar-refractivity contribution in [3.8, 4) is 23.7 Å². The molecule has 0 atom stereocenters. The van der Waals surface area contributed by atoms with Crippen LogP contribution in [-0.2, 0) is 14.2 Å². The number of rotatable bonds is 0. The molecule has 0 aliphatic heterocycles. The van der Waals surface area contributed by atoms with E-state index < -0.39 is 34.7 Å². The van der Waals surface area contributed by atoms with Crippen molar-refractivity contribution in [3.63, 3.8) is 0 Å². The summed E-state index contributed by atoms with van der Waals surface area (Å²) in [5.74, 6) is 9.95. The van der Waals surface area contributed by atoms with Gasteiger partial charge in [-0.05, 0) is 81.1 Å². The Bertz CT molecular complexity index is 557. The molecule has 0 saturated carbocycles. The third-order valence-electron chi connectivity index (χ3n) is 1.75. The SMILES string of the molecule is CC(C)(C)OC(=O)OC(=O)OC(C)(C)C.CC(C)(O)C#CC#CC(C)(C)O. The van der Waals surface area contributed by atoms with Crippen molar-refractivity contribution in [2.75, 3.05) is 0 Å². The Labute approximate surface area is 162 Å². The standard InChI is InChI=1S/C10H18O5.C10H14O2/c1-9(2,3)14-7(11)13-8(12)15-10(4,5)6;1-9(2,11)7-5-6-8-10(3,4)12/h1-6H3;11-12H,1-4H3. The van der Waals surface area contributed by atoms with Gasteiger partial charge in [-0.1, -0.05) is 11.8 Å². The zero-order valence-electron chi connectivity index (χ0n) is 17.9. The van der Waals surface area contributed by atoms with E-state index in [9.17, 15) is 9.59 Å². The smallest absolute Gasteiger partial charge is 0.428 e. The molecule has 2 N–H and O–H groups in total. The Balaban J connectivity index is 0. The monoisotopic (exact) mass is 384 g/mol. The molecule has 0 aliphatic carbocycles. The quantitative estimate of drug-likeness (QED) is 0.375. The Morgan fingerprint density at radius 3 is 1.07 bits per heavy atom. The van der Waals surface area contributed by atoms with Crippen LogP contribution in [0.4, 0.5) is 9.59 Å². The Hall–Kier alpha value is -2.22. The molecule has 0 aromatic heterocycles. The van der Waals surface area contributed by atoms with E-state index in [0.29, 0.717) is 0 Å². The van der Waals surface area contributed by atoms with Crippen LogP contribution in [0.3, 0.4) is 0 Å². The molecule has 27 heavy (non-hydrogen) atoms. The fourth-order valence-corrected chi connectivity index (χ4v) is 0.978. The molecule has 7 heteroatoms. The molecule has 7 nitrogen and oxygen atoms in total. The molecule has 0 fully saturated rings. The lowest BCUT2D eigenvalue weighted by atomic mass is 10.1. The second-order valence-electron chi connectivity index (χ2n) is 8.65. The van der Waals surface area contributed by atoms with Crippen LogP contribution in [0.2, 0.25) is 0 Å². The highest BCUT2D eigenvalue weighted by atomic mass is 16.8. The molecule has 0 aromatic carbocycles. The van der Waals surface area contributed by atoms with Crippen molar-refractivity contribution in [3.05, 3.63) is 0 Å². The molecule has 0 radical (unpaired) electrons. The topological polar surface area (TPSA) is 102 Å². The molecule has 154 valence electrons. The summed E-state index contributed by atoms with van der Waals surface area (Å²) >= 11 is 0. The lowest BCUT2D eigenvalue weighted by Gasteiger charge is -2.20. The number of carbonyl (C=O) groups excluding carboxylic acids is 2. The van der Waals surface area contributed by atoms with Gasteiger partial charge >= 0.3 is 12.3 Å². The summed E-state index contributed by atoms with van der Waals surface area (Å²) in [5.41, 5.74) is -3.43. The van der Waals surface area contributed by atoms with E-state index in [1.165, 1.54) is 0 Å². The van der Waals surface area contributed by atoms with E-state index in [1.807, 2.05) is 0 Å². The van der Waals surface area contributed by atoms with Crippen LogP contribution < -0.4 is 0 Å². The predicted molar refractivity (Wildman–Crippen MR) is 102 cm³/mol. The van der Waals surface area contributed by atoms with Gasteiger partial charge in [0.1, 0.15) is 22.4 Å². The van der Waals surface area contributed by atoms with Gasteiger partial charge in [0.25, 0.3) is 0 Å². The summed E-state index contributed by atoms with van der Waals surface area (Å²) in [4.78, 5) is 22.0. The van der Waals surface area contributed by atoms with Crippen molar-refractivity contribution in [1.82, 2.24) is 0 Å². The van der Waals surface area contributed by atoms with Crippen molar-refractivity contribution in [2.45, 2.75) is 91.6 Å². The molecule has 0 aromatic rings. The Morgan fingerprint density at radius 2 is 0.889 bits per heavy atom. The molecule has 0 bridgehead atoms. The maximum atomic E-state index is 11.0. The number of hydrogen-bond donors (Lipinski definition) is 2. The molecule has 0 spiro atoms. The summed E-state index contributed by atoms with van der Waals surface area (Å²) in [6.45, 7) is 16.3. The van der Waals surface area contributed by atoms with Crippen molar-refractivity contribution in [1.29, 1.82) is 0 Å². The molecule has 0 unspecified atom stereocenters. The van der Waals surface area contributed by atoms with Gasteiger partial charge in [0.2, 0.25) is 0 Å². The Morgan fingerprint density at radius 1 is 0.630 bits per heavy atom. The minimum absolute atomic E-state index is 0.695. The fourth-order valence-electron chi connectivity index (χ4n) is 0.978. The second-order valence-corrected chi connectivity index (χ2v) is 8.65. The van der Waals surface area contributed by atoms with E-state index in [-0.39, 0.29) is 0 Å². The van der Waals surface area contributed by atoms with Gasteiger partial charge in [-0.15, -0.1) is 0 Å². The molecular weight excluding hydrogens is 352 g/mol. The summed E-state index contributed by atoms with van der Waals surface area (Å²) in [6, 6.07) is 0. The molecule has 0 rings (SSSR count). The predicted octanol–water partition coefficient (Wildman–Crippen LogP) is 3.41. The minimum atomic E-state index is -1.06. The van der Waals surface area contributed by atoms with Gasteiger partial charge in [-0.2, -0.15) is 0 Å². The Kier molecular flexibility index (Phi) is 10.2. The first-order valence-corrected chi connectivity index (χ1v) is 8.33. The van der Waals surface area contributed by atoms with E-state index in [4.69, 9.17) is 19.7 Å². The summed E-state index contributed by atoms with van der Waals surface area (Å²) < 4.78 is 13.8. The first-order valence-electron chi connectivity index (χ1n) is 8.33. The maximum Gasteiger partial charge on any atom is 0.519 e. The molecular formula is C20H32O7. The van der Waals surface area contributed by atoms with E-state index in [1.54, 1.807) is 69.2 Å². The van der Waals surface area contributed by atoms with Gasteiger partial charge in [0.05, 0.1) is 0 Å². The first kappa shape index (κ1) is 27.0. The van der Waals surface area contributed by atoms with Gasteiger partial charge in [-0.3, -0.25) is 0 Å². The van der Waals surface area contributed by atoms with Crippen LogP contribution in [0.15, 0.2) is 0 Å². The third kappa shape index (κ3) is 26.1. The molecule has 0 amide bonds. The van der Waals surface area contributed by atoms with Crippen molar-refractivity contribution >= 4 is 12.3 Å². The highest BCUT2D eigenvalue weighted by molar-refractivity contribution is 5.77. The van der Waals surface area contributed by atoms with Crippen LogP contribution in [-0.4, -0.2) is 44.9 Å². The molecule has 0 aliphatic rings. The molecule has 0 heterocycles. The third-order valence-corrected chi connectivity index (χ3v) is 1.75. The van der Waals surface area contributed by atoms with Gasteiger partial charge in [-0.25, -0.2) is 9.59 Å². The van der Waals surface area contributed by atoms with Crippen molar-refractivity contribution < 1.29 is 34.0 Å². The molecule has 0 saturated heterocycles. The zero-order chi connectivity index (χ0) is 22.1. The number of hydrogen-bond acceptors (Lipinski definition) is 7. The zero-order valence-corrected chi connectivity index (χ0v) is 17.9. The van der Waals surface area contributed by atoms with Crippen LogP contribution >= 0.6 is 0 Å². The number of aliphatic hydroxyl groups is 2. The lowest BCUT2D eigenvalue weighted by Crippen LogP contribution is -2.29. The normalized spacial score (nSPS) is 11.4. The van der Waals surface area contributed by atoms with Gasteiger partial charge in [0, 0.05) is 0 Å². The van der Waals surface area contributed by atoms with Gasteiger partial charge in [0.15, 0.2) is 0 Å². The summed E-state index contributed by atoms with van der Waals surface area (Å²) in [7, 11) is 0. The van der Waals surface area contributed by atoms with E-state index in [2.05, 4.69) is 28.4 Å². The second kappa shape index (κ2) is 10.2. The number of ether oxygens (including phenoxy) is 3. The highest BCUT2D eigenvalue weighted by Crippen LogP contribution is 2.11. The van der Waals surface area contributed by atoms with E-state index >= 15 is 0 Å².